The van der Waals surface area contributed by atoms with Crippen molar-refractivity contribution < 1.29 is 5.11 Å². The van der Waals surface area contributed by atoms with Crippen LogP contribution in [-0.2, 0) is 13.6 Å². The molecule has 3 aromatic heterocycles. The van der Waals surface area contributed by atoms with Crippen molar-refractivity contribution in [1.82, 2.24) is 24.1 Å². The molecule has 1 atom stereocenters. The zero-order valence-electron chi connectivity index (χ0n) is 13.9. The van der Waals surface area contributed by atoms with Gasteiger partial charge in [-0.2, -0.15) is 5.10 Å². The molecule has 6 nitrogen and oxygen atoms in total. The second-order valence-corrected chi connectivity index (χ2v) is 6.66. The molecule has 126 valence electrons. The van der Waals surface area contributed by atoms with Crippen molar-refractivity contribution in [3.8, 4) is 0 Å². The average molecular weight is 325 g/mol. The van der Waals surface area contributed by atoms with E-state index >= 15 is 0 Å². The normalized spacial score (nSPS) is 18.2. The number of piperidine rings is 1. The molecular formula is C18H23N5O. The summed E-state index contributed by atoms with van der Waals surface area (Å²) in [7, 11) is 1.94. The van der Waals surface area contributed by atoms with Crippen LogP contribution in [0.3, 0.4) is 0 Å². The van der Waals surface area contributed by atoms with Gasteiger partial charge in [0.05, 0.1) is 11.7 Å². The van der Waals surface area contributed by atoms with Crippen LogP contribution in [0.25, 0.3) is 5.52 Å². The summed E-state index contributed by atoms with van der Waals surface area (Å²) in [5, 5.41) is 15.0. The number of aryl methyl sites for hydroxylation is 1. The van der Waals surface area contributed by atoms with E-state index in [0.717, 1.165) is 38.3 Å². The first-order valence-electron chi connectivity index (χ1n) is 8.51. The monoisotopic (exact) mass is 325 g/mol. The Hall–Kier alpha value is -2.18. The lowest BCUT2D eigenvalue weighted by molar-refractivity contribution is 0.0493. The fourth-order valence-electron chi connectivity index (χ4n) is 3.65. The Morgan fingerprint density at radius 3 is 2.83 bits per heavy atom. The van der Waals surface area contributed by atoms with Crippen molar-refractivity contribution in [2.24, 2.45) is 13.0 Å². The number of rotatable bonds is 4. The molecule has 0 unspecified atom stereocenters. The SMILES string of the molecule is Cn1ccnc1[C@H](O)C1CCN(Cc2cnn3ccccc23)CC1. The van der Waals surface area contributed by atoms with Gasteiger partial charge in [0.25, 0.3) is 0 Å². The highest BCUT2D eigenvalue weighted by atomic mass is 16.3. The Bertz CT molecular complexity index is 816. The molecule has 4 rings (SSSR count). The van der Waals surface area contributed by atoms with Crippen LogP contribution < -0.4 is 0 Å². The molecule has 6 heteroatoms. The van der Waals surface area contributed by atoms with E-state index in [-0.39, 0.29) is 5.92 Å². The van der Waals surface area contributed by atoms with Crippen LogP contribution in [0.5, 0.6) is 0 Å². The molecule has 1 aliphatic rings. The largest absolute Gasteiger partial charge is 0.385 e. The van der Waals surface area contributed by atoms with Gasteiger partial charge in [0.15, 0.2) is 0 Å². The predicted octanol–water partition coefficient (Wildman–Crippen LogP) is 2.01. The topological polar surface area (TPSA) is 58.6 Å². The second kappa shape index (κ2) is 6.37. The van der Waals surface area contributed by atoms with Gasteiger partial charge < -0.3 is 9.67 Å². The molecule has 0 aromatic carbocycles. The van der Waals surface area contributed by atoms with Gasteiger partial charge in [-0.05, 0) is 44.0 Å². The number of hydrogen-bond donors (Lipinski definition) is 1. The minimum absolute atomic E-state index is 0.284. The van der Waals surface area contributed by atoms with E-state index in [1.807, 2.05) is 40.8 Å². The predicted molar refractivity (Wildman–Crippen MR) is 91.4 cm³/mol. The van der Waals surface area contributed by atoms with Crippen LogP contribution in [0.2, 0.25) is 0 Å². The maximum Gasteiger partial charge on any atom is 0.137 e. The first kappa shape index (κ1) is 15.4. The summed E-state index contributed by atoms with van der Waals surface area (Å²) in [6.45, 7) is 2.91. The third-order valence-electron chi connectivity index (χ3n) is 5.10. The van der Waals surface area contributed by atoms with E-state index in [0.29, 0.717) is 0 Å². The van der Waals surface area contributed by atoms with Gasteiger partial charge in [-0.3, -0.25) is 4.90 Å². The maximum absolute atomic E-state index is 10.6. The molecule has 0 amide bonds. The van der Waals surface area contributed by atoms with Gasteiger partial charge in [0, 0.05) is 37.7 Å². The van der Waals surface area contributed by atoms with Gasteiger partial charge in [-0.25, -0.2) is 9.50 Å². The molecule has 0 radical (unpaired) electrons. The standard InChI is InChI=1S/C18H23N5O/c1-21-11-7-19-18(21)17(24)14-5-9-22(10-6-14)13-15-12-20-23-8-3-2-4-16(15)23/h2-4,7-8,11-12,14,17,24H,5-6,9-10,13H2,1H3/t17-/m1/s1. The molecule has 1 fully saturated rings. The number of fused-ring (bicyclic) bond motifs is 1. The number of nitrogens with zero attached hydrogens (tertiary/aromatic N) is 5. The van der Waals surface area contributed by atoms with E-state index in [1.165, 1.54) is 11.1 Å². The van der Waals surface area contributed by atoms with Crippen LogP contribution in [0, 0.1) is 5.92 Å². The van der Waals surface area contributed by atoms with E-state index < -0.39 is 6.10 Å². The van der Waals surface area contributed by atoms with Crippen molar-refractivity contribution in [2.75, 3.05) is 13.1 Å². The maximum atomic E-state index is 10.6. The number of hydrogen-bond acceptors (Lipinski definition) is 4. The molecule has 0 bridgehead atoms. The highest BCUT2D eigenvalue weighted by molar-refractivity contribution is 5.53. The number of likely N-dealkylation sites (tertiary alicyclic amines) is 1. The zero-order valence-corrected chi connectivity index (χ0v) is 13.9. The van der Waals surface area contributed by atoms with E-state index in [9.17, 15) is 5.11 Å². The molecule has 1 N–H and O–H groups in total. The molecule has 0 saturated carbocycles. The van der Waals surface area contributed by atoms with E-state index in [1.54, 1.807) is 6.20 Å². The summed E-state index contributed by atoms with van der Waals surface area (Å²) in [4.78, 5) is 6.74. The van der Waals surface area contributed by atoms with Crippen molar-refractivity contribution in [3.05, 3.63) is 54.4 Å². The number of aliphatic hydroxyl groups excluding tert-OH is 1. The zero-order chi connectivity index (χ0) is 16.5. The second-order valence-electron chi connectivity index (χ2n) is 6.66. The minimum Gasteiger partial charge on any atom is -0.385 e. The summed E-state index contributed by atoms with van der Waals surface area (Å²) < 4.78 is 3.84. The first-order valence-corrected chi connectivity index (χ1v) is 8.51. The van der Waals surface area contributed by atoms with Gasteiger partial charge in [-0.15, -0.1) is 0 Å². The fourth-order valence-corrected chi connectivity index (χ4v) is 3.65. The molecule has 3 aromatic rings. The molecule has 0 spiro atoms. The van der Waals surface area contributed by atoms with E-state index in [4.69, 9.17) is 0 Å². The Kier molecular flexibility index (Phi) is 4.08. The van der Waals surface area contributed by atoms with Crippen LogP contribution >= 0.6 is 0 Å². The highest BCUT2D eigenvalue weighted by Gasteiger charge is 2.28. The van der Waals surface area contributed by atoms with Crippen molar-refractivity contribution in [2.45, 2.75) is 25.5 Å². The van der Waals surface area contributed by atoms with Gasteiger partial charge in [0.1, 0.15) is 11.9 Å². The first-order chi connectivity index (χ1) is 11.7. The lowest BCUT2D eigenvalue weighted by Crippen LogP contribution is -2.35. The van der Waals surface area contributed by atoms with Crippen LogP contribution in [0.15, 0.2) is 43.0 Å². The number of aliphatic hydroxyl groups is 1. The van der Waals surface area contributed by atoms with Crippen molar-refractivity contribution in [1.29, 1.82) is 0 Å². The Balaban J connectivity index is 1.39. The molecular weight excluding hydrogens is 302 g/mol. The summed E-state index contributed by atoms with van der Waals surface area (Å²) in [5.41, 5.74) is 2.44. The van der Waals surface area contributed by atoms with Crippen LogP contribution in [0.1, 0.15) is 30.3 Å². The molecule has 1 aliphatic heterocycles. The molecule has 4 heterocycles. The van der Waals surface area contributed by atoms with Gasteiger partial charge in [0.2, 0.25) is 0 Å². The van der Waals surface area contributed by atoms with E-state index in [2.05, 4.69) is 27.1 Å². The molecule has 24 heavy (non-hydrogen) atoms. The lowest BCUT2D eigenvalue weighted by Gasteiger charge is -2.33. The van der Waals surface area contributed by atoms with Crippen LogP contribution in [0.4, 0.5) is 0 Å². The summed E-state index contributed by atoms with van der Waals surface area (Å²) in [6, 6.07) is 6.16. The Morgan fingerprint density at radius 2 is 2.08 bits per heavy atom. The third kappa shape index (κ3) is 2.83. The smallest absolute Gasteiger partial charge is 0.137 e. The van der Waals surface area contributed by atoms with Gasteiger partial charge >= 0.3 is 0 Å². The minimum atomic E-state index is -0.468. The highest BCUT2D eigenvalue weighted by Crippen LogP contribution is 2.30. The Morgan fingerprint density at radius 1 is 1.25 bits per heavy atom. The molecule has 1 saturated heterocycles. The molecule has 0 aliphatic carbocycles. The van der Waals surface area contributed by atoms with Crippen LogP contribution in [-0.4, -0.2) is 42.3 Å². The Labute approximate surface area is 141 Å². The summed E-state index contributed by atoms with van der Waals surface area (Å²) >= 11 is 0. The number of aromatic nitrogens is 4. The number of pyridine rings is 1. The van der Waals surface area contributed by atoms with Crippen molar-refractivity contribution in [3.63, 3.8) is 0 Å². The third-order valence-corrected chi connectivity index (χ3v) is 5.10. The quantitative estimate of drug-likeness (QED) is 0.797. The average Bonchev–Trinajstić information content (AvgIpc) is 3.22. The van der Waals surface area contributed by atoms with Gasteiger partial charge in [-0.1, -0.05) is 6.07 Å². The summed E-state index contributed by atoms with van der Waals surface area (Å²) in [6.07, 6.45) is 9.10. The summed E-state index contributed by atoms with van der Waals surface area (Å²) in [5.74, 6) is 1.06. The fraction of sp³-hybridized carbons (Fsp3) is 0.444. The number of imidazole rings is 1. The van der Waals surface area contributed by atoms with Crippen molar-refractivity contribution >= 4 is 5.52 Å². The lowest BCUT2D eigenvalue weighted by atomic mass is 9.90.